The van der Waals surface area contributed by atoms with Gasteiger partial charge >= 0.3 is 0 Å². The van der Waals surface area contributed by atoms with Crippen molar-refractivity contribution >= 4 is 5.78 Å². The molecule has 0 aliphatic carbocycles. The summed E-state index contributed by atoms with van der Waals surface area (Å²) in [5.74, 6) is 0.998. The quantitative estimate of drug-likeness (QED) is 0.796. The molecule has 0 amide bonds. The van der Waals surface area contributed by atoms with Gasteiger partial charge in [0.15, 0.2) is 5.78 Å². The van der Waals surface area contributed by atoms with E-state index in [2.05, 4.69) is 13.8 Å². The minimum absolute atomic E-state index is 0.207. The number of benzene rings is 1. The van der Waals surface area contributed by atoms with Crippen molar-refractivity contribution in [2.75, 3.05) is 6.61 Å². The van der Waals surface area contributed by atoms with Crippen molar-refractivity contribution in [3.63, 3.8) is 0 Å². The Kier molecular flexibility index (Phi) is 4.81. The Bertz CT molecular complexity index is 744. The fourth-order valence-corrected chi connectivity index (χ4v) is 2.20. The molecule has 1 aromatic carbocycles. The number of nitrogens with zero attached hydrogens (tertiary/aromatic N) is 1. The molecule has 0 unspecified atom stereocenters. The summed E-state index contributed by atoms with van der Waals surface area (Å²) < 4.78 is 7.22. The first-order valence-corrected chi connectivity index (χ1v) is 7.34. The average Bonchev–Trinajstić information content (AvgIpc) is 2.47. The molecule has 1 aromatic heterocycles. The van der Waals surface area contributed by atoms with Gasteiger partial charge in [-0.1, -0.05) is 26.0 Å². The number of aromatic nitrogens is 1. The molecule has 0 N–H and O–H groups in total. The van der Waals surface area contributed by atoms with Crippen LogP contribution in [0.25, 0.3) is 11.3 Å². The van der Waals surface area contributed by atoms with E-state index in [-0.39, 0.29) is 16.9 Å². The summed E-state index contributed by atoms with van der Waals surface area (Å²) in [4.78, 5) is 23.7. The second kappa shape index (κ2) is 6.60. The molecule has 0 aliphatic heterocycles. The summed E-state index contributed by atoms with van der Waals surface area (Å²) in [7, 11) is 1.67. The molecule has 0 bridgehead atoms. The van der Waals surface area contributed by atoms with Crippen molar-refractivity contribution in [2.45, 2.75) is 20.8 Å². The zero-order chi connectivity index (χ0) is 16.3. The van der Waals surface area contributed by atoms with Crippen LogP contribution in [0.1, 0.15) is 31.1 Å². The maximum Gasteiger partial charge on any atom is 0.261 e. The summed E-state index contributed by atoms with van der Waals surface area (Å²) in [6, 6.07) is 11.0. The number of pyridine rings is 1. The van der Waals surface area contributed by atoms with Gasteiger partial charge in [0.2, 0.25) is 0 Å². The molecule has 0 saturated heterocycles. The van der Waals surface area contributed by atoms with Gasteiger partial charge in [0.05, 0.1) is 17.9 Å². The van der Waals surface area contributed by atoms with E-state index in [1.807, 2.05) is 24.3 Å². The molecule has 2 aromatic rings. The van der Waals surface area contributed by atoms with Gasteiger partial charge in [0, 0.05) is 12.6 Å². The number of rotatable bonds is 5. The Hall–Kier alpha value is -2.36. The van der Waals surface area contributed by atoms with Crippen molar-refractivity contribution in [3.05, 3.63) is 52.3 Å². The molecule has 4 heteroatoms. The molecule has 22 heavy (non-hydrogen) atoms. The Morgan fingerprint density at radius 1 is 1.23 bits per heavy atom. The molecular formula is C18H21NO3. The van der Waals surface area contributed by atoms with Gasteiger partial charge in [0.25, 0.3) is 5.56 Å². The number of carbonyl (C=O) groups is 1. The molecular weight excluding hydrogens is 278 g/mol. The molecule has 0 saturated carbocycles. The molecule has 1 heterocycles. The van der Waals surface area contributed by atoms with E-state index in [1.54, 1.807) is 19.2 Å². The normalized spacial score (nSPS) is 10.8. The van der Waals surface area contributed by atoms with Crippen molar-refractivity contribution in [1.82, 2.24) is 4.57 Å². The number of Topliss-reactive ketones (excluding diaryl/α,β-unsaturated/α-hetero) is 1. The van der Waals surface area contributed by atoms with E-state index >= 15 is 0 Å². The molecule has 0 fully saturated rings. The summed E-state index contributed by atoms with van der Waals surface area (Å²) in [6.45, 7) is 6.23. The third-order valence-electron chi connectivity index (χ3n) is 3.40. The van der Waals surface area contributed by atoms with Crippen molar-refractivity contribution < 1.29 is 9.53 Å². The van der Waals surface area contributed by atoms with Crippen LogP contribution in [0.3, 0.4) is 0 Å². The molecule has 0 atom stereocenters. The Labute approximate surface area is 130 Å². The minimum atomic E-state index is -0.279. The van der Waals surface area contributed by atoms with Gasteiger partial charge in [-0.3, -0.25) is 9.59 Å². The van der Waals surface area contributed by atoms with Gasteiger partial charge in [-0.25, -0.2) is 0 Å². The lowest BCUT2D eigenvalue weighted by molar-refractivity contribution is 0.101. The summed E-state index contributed by atoms with van der Waals surface area (Å²) in [5, 5.41) is 0. The zero-order valence-electron chi connectivity index (χ0n) is 13.4. The van der Waals surface area contributed by atoms with Gasteiger partial charge in [-0.2, -0.15) is 0 Å². The van der Waals surface area contributed by atoms with Crippen molar-refractivity contribution in [1.29, 1.82) is 0 Å². The van der Waals surface area contributed by atoms with Crippen LogP contribution in [0.4, 0.5) is 0 Å². The highest BCUT2D eigenvalue weighted by Crippen LogP contribution is 2.23. The van der Waals surface area contributed by atoms with E-state index < -0.39 is 0 Å². The fourth-order valence-electron chi connectivity index (χ4n) is 2.20. The van der Waals surface area contributed by atoms with Gasteiger partial charge in [-0.05, 0) is 37.1 Å². The number of ether oxygens (including phenoxy) is 1. The van der Waals surface area contributed by atoms with E-state index in [1.165, 1.54) is 11.5 Å². The molecule has 0 aliphatic rings. The third kappa shape index (κ3) is 3.45. The van der Waals surface area contributed by atoms with E-state index in [0.717, 1.165) is 17.0 Å². The van der Waals surface area contributed by atoms with E-state index in [0.29, 0.717) is 12.5 Å². The minimum Gasteiger partial charge on any atom is -0.493 e. The van der Waals surface area contributed by atoms with Gasteiger partial charge in [-0.15, -0.1) is 0 Å². The third-order valence-corrected chi connectivity index (χ3v) is 3.40. The first-order chi connectivity index (χ1) is 10.4. The Morgan fingerprint density at radius 2 is 1.95 bits per heavy atom. The average molecular weight is 299 g/mol. The topological polar surface area (TPSA) is 48.3 Å². The second-order valence-corrected chi connectivity index (χ2v) is 5.79. The van der Waals surface area contributed by atoms with Crippen LogP contribution >= 0.6 is 0 Å². The highest BCUT2D eigenvalue weighted by Gasteiger charge is 2.11. The van der Waals surface area contributed by atoms with E-state index in [9.17, 15) is 9.59 Å². The molecule has 0 spiro atoms. The smallest absolute Gasteiger partial charge is 0.261 e. The van der Waals surface area contributed by atoms with Crippen LogP contribution in [-0.4, -0.2) is 17.0 Å². The first kappa shape index (κ1) is 16.0. The molecule has 116 valence electrons. The van der Waals surface area contributed by atoms with Crippen LogP contribution in [0.15, 0.2) is 41.2 Å². The predicted octanol–water partition coefficient (Wildman–Crippen LogP) is 3.29. The number of ketones is 1. The Balaban J connectivity index is 2.40. The fraction of sp³-hybridized carbons (Fsp3) is 0.333. The number of carbonyl (C=O) groups excluding carboxylic acids is 1. The zero-order valence-corrected chi connectivity index (χ0v) is 13.4. The highest BCUT2D eigenvalue weighted by atomic mass is 16.5. The monoisotopic (exact) mass is 299 g/mol. The molecule has 0 radical (unpaired) electrons. The summed E-state index contributed by atoms with van der Waals surface area (Å²) >= 11 is 0. The predicted molar refractivity (Wildman–Crippen MR) is 87.5 cm³/mol. The van der Waals surface area contributed by atoms with Crippen molar-refractivity contribution in [3.8, 4) is 17.0 Å². The van der Waals surface area contributed by atoms with Crippen LogP contribution < -0.4 is 10.3 Å². The van der Waals surface area contributed by atoms with Gasteiger partial charge in [0.1, 0.15) is 5.75 Å². The highest BCUT2D eigenvalue weighted by molar-refractivity contribution is 5.93. The second-order valence-electron chi connectivity index (χ2n) is 5.79. The van der Waals surface area contributed by atoms with E-state index in [4.69, 9.17) is 4.74 Å². The lowest BCUT2D eigenvalue weighted by Crippen LogP contribution is -2.24. The lowest BCUT2D eigenvalue weighted by atomic mass is 10.1. The maximum absolute atomic E-state index is 12.2. The largest absolute Gasteiger partial charge is 0.493 e. The molecule has 4 nitrogen and oxygen atoms in total. The van der Waals surface area contributed by atoms with Crippen LogP contribution in [0, 0.1) is 5.92 Å². The lowest BCUT2D eigenvalue weighted by Gasteiger charge is -2.12. The first-order valence-electron chi connectivity index (χ1n) is 7.34. The van der Waals surface area contributed by atoms with Crippen LogP contribution in [-0.2, 0) is 7.05 Å². The van der Waals surface area contributed by atoms with Crippen molar-refractivity contribution in [2.24, 2.45) is 13.0 Å². The number of hydrogen-bond donors (Lipinski definition) is 0. The standard InChI is InChI=1S/C18H21NO3/c1-12(2)11-22-15-7-5-6-14(10-15)17-9-8-16(13(3)20)18(21)19(17)4/h5-10,12H,11H2,1-4H3. The van der Waals surface area contributed by atoms with Crippen LogP contribution in [0.2, 0.25) is 0 Å². The maximum atomic E-state index is 12.2. The SMILES string of the molecule is CC(=O)c1ccc(-c2cccc(OCC(C)C)c2)n(C)c1=O. The Morgan fingerprint density at radius 3 is 2.59 bits per heavy atom. The summed E-state index contributed by atoms with van der Waals surface area (Å²) in [6.07, 6.45) is 0. The number of hydrogen-bond acceptors (Lipinski definition) is 3. The van der Waals surface area contributed by atoms with Crippen LogP contribution in [0.5, 0.6) is 5.75 Å². The summed E-state index contributed by atoms with van der Waals surface area (Å²) in [5.41, 5.74) is 1.57. The molecule has 2 rings (SSSR count). The van der Waals surface area contributed by atoms with Gasteiger partial charge < -0.3 is 9.30 Å².